The fourth-order valence-electron chi connectivity index (χ4n) is 3.09. The lowest BCUT2D eigenvalue weighted by Crippen LogP contribution is -2.38. The lowest BCUT2D eigenvalue weighted by Gasteiger charge is -2.31. The van der Waals surface area contributed by atoms with E-state index in [1.54, 1.807) is 6.07 Å². The standard InChI is InChI=1S/C18H25N3O2S2/c1-2-17-3-4-18(24-17)25(22,23)20-13-15-7-11-21(12-8-15)14-16-5-9-19-10-6-16/h3-6,9-10,15,20H,2,7-8,11-14H2,1H3. The Morgan fingerprint density at radius 1 is 1.20 bits per heavy atom. The number of pyridine rings is 1. The SMILES string of the molecule is CCc1ccc(S(=O)(=O)NCC2CCN(Cc3ccncc3)CC2)s1. The summed E-state index contributed by atoms with van der Waals surface area (Å²) in [6, 6.07) is 7.71. The zero-order chi connectivity index (χ0) is 17.7. The molecule has 0 aliphatic carbocycles. The minimum Gasteiger partial charge on any atom is -0.299 e. The van der Waals surface area contributed by atoms with Crippen LogP contribution in [-0.2, 0) is 23.0 Å². The summed E-state index contributed by atoms with van der Waals surface area (Å²) in [6.45, 7) is 5.53. The largest absolute Gasteiger partial charge is 0.299 e. The Labute approximate surface area is 154 Å². The summed E-state index contributed by atoms with van der Waals surface area (Å²) >= 11 is 1.36. The predicted molar refractivity (Wildman–Crippen MR) is 101 cm³/mol. The van der Waals surface area contributed by atoms with Crippen LogP contribution >= 0.6 is 11.3 Å². The van der Waals surface area contributed by atoms with Crippen molar-refractivity contribution >= 4 is 21.4 Å². The van der Waals surface area contributed by atoms with Crippen LogP contribution in [0.2, 0.25) is 0 Å². The molecule has 0 unspecified atom stereocenters. The fraction of sp³-hybridized carbons (Fsp3) is 0.500. The smallest absolute Gasteiger partial charge is 0.250 e. The van der Waals surface area contributed by atoms with E-state index in [0.717, 1.165) is 43.8 Å². The molecule has 136 valence electrons. The Morgan fingerprint density at radius 2 is 1.92 bits per heavy atom. The average Bonchev–Trinajstić information content (AvgIpc) is 3.12. The van der Waals surface area contributed by atoms with Gasteiger partial charge in [0.25, 0.3) is 0 Å². The molecule has 1 aliphatic rings. The van der Waals surface area contributed by atoms with Crippen molar-refractivity contribution in [2.24, 2.45) is 5.92 Å². The van der Waals surface area contributed by atoms with Gasteiger partial charge >= 0.3 is 0 Å². The van der Waals surface area contributed by atoms with Crippen LogP contribution in [0.15, 0.2) is 40.9 Å². The molecule has 1 saturated heterocycles. The summed E-state index contributed by atoms with van der Waals surface area (Å²) in [5, 5.41) is 0. The van der Waals surface area contributed by atoms with Crippen LogP contribution in [0, 0.1) is 5.92 Å². The number of hydrogen-bond donors (Lipinski definition) is 1. The van der Waals surface area contributed by atoms with Crippen molar-refractivity contribution in [1.29, 1.82) is 0 Å². The first kappa shape index (κ1) is 18.5. The van der Waals surface area contributed by atoms with Crippen molar-refractivity contribution in [2.45, 2.75) is 36.9 Å². The van der Waals surface area contributed by atoms with Crippen LogP contribution in [0.3, 0.4) is 0 Å². The molecular weight excluding hydrogens is 354 g/mol. The van der Waals surface area contributed by atoms with Gasteiger partial charge in [0.1, 0.15) is 4.21 Å². The highest BCUT2D eigenvalue weighted by Crippen LogP contribution is 2.23. The molecule has 1 fully saturated rings. The first-order chi connectivity index (χ1) is 12.1. The van der Waals surface area contributed by atoms with Gasteiger partial charge in [0.15, 0.2) is 0 Å². The van der Waals surface area contributed by atoms with E-state index < -0.39 is 10.0 Å². The molecular formula is C18H25N3O2S2. The van der Waals surface area contributed by atoms with E-state index in [1.165, 1.54) is 16.9 Å². The topological polar surface area (TPSA) is 62.3 Å². The molecule has 0 radical (unpaired) electrons. The lowest BCUT2D eigenvalue weighted by molar-refractivity contribution is 0.178. The van der Waals surface area contributed by atoms with E-state index in [0.29, 0.717) is 16.7 Å². The molecule has 7 heteroatoms. The third kappa shape index (κ3) is 5.10. The summed E-state index contributed by atoms with van der Waals surface area (Å²) in [6.07, 6.45) is 6.57. The first-order valence-electron chi connectivity index (χ1n) is 8.76. The summed E-state index contributed by atoms with van der Waals surface area (Å²) in [4.78, 5) is 7.57. The van der Waals surface area contributed by atoms with Gasteiger partial charge in [-0.05, 0) is 68.1 Å². The van der Waals surface area contributed by atoms with E-state index in [2.05, 4.69) is 14.6 Å². The van der Waals surface area contributed by atoms with Gasteiger partial charge < -0.3 is 0 Å². The second-order valence-electron chi connectivity index (χ2n) is 6.50. The van der Waals surface area contributed by atoms with Crippen molar-refractivity contribution in [3.8, 4) is 0 Å². The van der Waals surface area contributed by atoms with Crippen LogP contribution < -0.4 is 4.72 Å². The number of sulfonamides is 1. The van der Waals surface area contributed by atoms with Gasteiger partial charge in [-0.25, -0.2) is 13.1 Å². The Morgan fingerprint density at radius 3 is 2.56 bits per heavy atom. The molecule has 0 bridgehead atoms. The molecule has 1 aliphatic heterocycles. The molecule has 0 amide bonds. The molecule has 0 saturated carbocycles. The maximum absolute atomic E-state index is 12.4. The van der Waals surface area contributed by atoms with E-state index in [4.69, 9.17) is 0 Å². The molecule has 3 heterocycles. The first-order valence-corrected chi connectivity index (χ1v) is 11.1. The minimum atomic E-state index is -3.36. The van der Waals surface area contributed by atoms with E-state index in [1.807, 2.05) is 37.5 Å². The van der Waals surface area contributed by atoms with Crippen LogP contribution in [-0.4, -0.2) is 37.9 Å². The van der Waals surface area contributed by atoms with Gasteiger partial charge in [-0.2, -0.15) is 0 Å². The number of thiophene rings is 1. The number of likely N-dealkylation sites (tertiary alicyclic amines) is 1. The van der Waals surface area contributed by atoms with Gasteiger partial charge in [-0.15, -0.1) is 11.3 Å². The Hall–Kier alpha value is -1.28. The van der Waals surface area contributed by atoms with Crippen molar-refractivity contribution in [3.63, 3.8) is 0 Å². The van der Waals surface area contributed by atoms with Crippen molar-refractivity contribution < 1.29 is 8.42 Å². The summed E-state index contributed by atoms with van der Waals surface area (Å²) < 4.78 is 28.0. The number of aromatic nitrogens is 1. The highest BCUT2D eigenvalue weighted by molar-refractivity contribution is 7.91. The highest BCUT2D eigenvalue weighted by atomic mass is 32.2. The number of hydrogen-bond acceptors (Lipinski definition) is 5. The molecule has 25 heavy (non-hydrogen) atoms. The van der Waals surface area contributed by atoms with Crippen molar-refractivity contribution in [3.05, 3.63) is 47.1 Å². The monoisotopic (exact) mass is 379 g/mol. The lowest BCUT2D eigenvalue weighted by atomic mass is 9.97. The van der Waals surface area contributed by atoms with Crippen LogP contribution in [0.1, 0.15) is 30.2 Å². The number of piperidine rings is 1. The molecule has 0 atom stereocenters. The van der Waals surface area contributed by atoms with Crippen molar-refractivity contribution in [1.82, 2.24) is 14.6 Å². The molecule has 3 rings (SSSR count). The number of rotatable bonds is 7. The van der Waals surface area contributed by atoms with Gasteiger partial charge in [0.05, 0.1) is 0 Å². The third-order valence-corrected chi connectivity index (χ3v) is 7.82. The zero-order valence-corrected chi connectivity index (χ0v) is 16.2. The predicted octanol–water partition coefficient (Wildman–Crippen LogP) is 2.90. The van der Waals surface area contributed by atoms with E-state index >= 15 is 0 Å². The van der Waals surface area contributed by atoms with E-state index in [-0.39, 0.29) is 0 Å². The Bertz CT molecular complexity index is 767. The van der Waals surface area contributed by atoms with Crippen LogP contribution in [0.25, 0.3) is 0 Å². The maximum atomic E-state index is 12.4. The van der Waals surface area contributed by atoms with Crippen LogP contribution in [0.4, 0.5) is 0 Å². The van der Waals surface area contributed by atoms with Gasteiger partial charge in [-0.3, -0.25) is 9.88 Å². The summed E-state index contributed by atoms with van der Waals surface area (Å²) in [5.74, 6) is 0.411. The number of aryl methyl sites for hydroxylation is 1. The second kappa shape index (κ2) is 8.40. The van der Waals surface area contributed by atoms with Gasteiger partial charge in [0.2, 0.25) is 10.0 Å². The second-order valence-corrected chi connectivity index (χ2v) is 9.66. The normalized spacial score (nSPS) is 17.0. The van der Waals surface area contributed by atoms with Crippen LogP contribution in [0.5, 0.6) is 0 Å². The van der Waals surface area contributed by atoms with Gasteiger partial charge in [-0.1, -0.05) is 6.92 Å². The molecule has 5 nitrogen and oxygen atoms in total. The molecule has 2 aromatic heterocycles. The zero-order valence-electron chi connectivity index (χ0n) is 14.5. The minimum absolute atomic E-state index is 0.411. The average molecular weight is 380 g/mol. The third-order valence-electron chi connectivity index (χ3n) is 4.68. The molecule has 0 spiro atoms. The van der Waals surface area contributed by atoms with E-state index in [9.17, 15) is 8.42 Å². The fourth-order valence-corrected chi connectivity index (χ4v) is 5.54. The van der Waals surface area contributed by atoms with Crippen molar-refractivity contribution in [2.75, 3.05) is 19.6 Å². The summed E-state index contributed by atoms with van der Waals surface area (Å²) in [5.41, 5.74) is 1.28. The Kier molecular flexibility index (Phi) is 6.22. The Balaban J connectivity index is 1.46. The molecule has 2 aromatic rings. The molecule has 1 N–H and O–H groups in total. The summed E-state index contributed by atoms with van der Waals surface area (Å²) in [7, 11) is -3.36. The highest BCUT2D eigenvalue weighted by Gasteiger charge is 2.22. The van der Waals surface area contributed by atoms with Gasteiger partial charge in [0, 0.05) is 30.4 Å². The molecule has 0 aromatic carbocycles. The quantitative estimate of drug-likeness (QED) is 0.803. The number of nitrogens with zero attached hydrogens (tertiary/aromatic N) is 2. The number of nitrogens with one attached hydrogen (secondary N) is 1. The maximum Gasteiger partial charge on any atom is 0.250 e.